The molecule has 0 bridgehead atoms. The number of alkyl halides is 3. The van der Waals surface area contributed by atoms with E-state index in [0.29, 0.717) is 0 Å². The molecule has 0 aromatic carbocycles. The molecule has 9 heavy (non-hydrogen) atoms. The fourth-order valence-electron chi connectivity index (χ4n) is 0.557. The monoisotopic (exact) mass is 140 g/mol. The maximum absolute atomic E-state index is 11.8. The van der Waals surface area contributed by atoms with E-state index < -0.39 is 12.3 Å². The van der Waals surface area contributed by atoms with E-state index in [2.05, 4.69) is 4.74 Å². The first-order valence-electron chi connectivity index (χ1n) is 2.29. The van der Waals surface area contributed by atoms with Crippen LogP contribution in [0.1, 0.15) is 6.42 Å². The lowest BCUT2D eigenvalue weighted by Gasteiger charge is -2.07. The van der Waals surface area contributed by atoms with Crippen molar-refractivity contribution >= 4 is 8.41 Å². The third-order valence-electron chi connectivity index (χ3n) is 1.03. The highest BCUT2D eigenvalue weighted by Crippen LogP contribution is 2.31. The SMILES string of the molecule is B.FC1CCOC1(F)F. The van der Waals surface area contributed by atoms with Gasteiger partial charge in [0.1, 0.15) is 0 Å². The van der Waals surface area contributed by atoms with E-state index >= 15 is 0 Å². The van der Waals surface area contributed by atoms with Gasteiger partial charge in [0.2, 0.25) is 0 Å². The van der Waals surface area contributed by atoms with E-state index in [1.807, 2.05) is 0 Å². The van der Waals surface area contributed by atoms with Gasteiger partial charge in [-0.1, -0.05) is 0 Å². The van der Waals surface area contributed by atoms with Crippen LogP contribution in [0.2, 0.25) is 0 Å². The van der Waals surface area contributed by atoms with Crippen molar-refractivity contribution in [2.75, 3.05) is 6.61 Å². The molecule has 0 radical (unpaired) electrons. The lowest BCUT2D eigenvalue weighted by Crippen LogP contribution is -2.24. The van der Waals surface area contributed by atoms with Gasteiger partial charge in [-0.2, -0.15) is 8.78 Å². The number of halogens is 3. The first kappa shape index (κ1) is 8.81. The maximum atomic E-state index is 11.8. The van der Waals surface area contributed by atoms with E-state index in [1.54, 1.807) is 0 Å². The molecule has 1 aliphatic heterocycles. The van der Waals surface area contributed by atoms with Crippen molar-refractivity contribution in [2.45, 2.75) is 18.7 Å². The summed E-state index contributed by atoms with van der Waals surface area (Å²) in [5, 5.41) is 0. The van der Waals surface area contributed by atoms with Crippen LogP contribution in [0.25, 0.3) is 0 Å². The molecule has 0 aliphatic carbocycles. The highest BCUT2D eigenvalue weighted by Gasteiger charge is 2.46. The van der Waals surface area contributed by atoms with Crippen LogP contribution in [0.5, 0.6) is 0 Å². The van der Waals surface area contributed by atoms with Gasteiger partial charge in [0.15, 0.2) is 6.17 Å². The molecule has 1 aliphatic rings. The Morgan fingerprint density at radius 1 is 1.44 bits per heavy atom. The highest BCUT2D eigenvalue weighted by molar-refractivity contribution is 5.75. The lowest BCUT2D eigenvalue weighted by atomic mass is 10.3. The fraction of sp³-hybridized carbons (Fsp3) is 1.00. The van der Waals surface area contributed by atoms with Gasteiger partial charge in [0.25, 0.3) is 0 Å². The minimum absolute atomic E-state index is 0. The number of hydrogen-bond donors (Lipinski definition) is 0. The maximum Gasteiger partial charge on any atom is 0.386 e. The molecule has 1 nitrogen and oxygen atoms in total. The van der Waals surface area contributed by atoms with Crippen LogP contribution < -0.4 is 0 Å². The van der Waals surface area contributed by atoms with Crippen molar-refractivity contribution < 1.29 is 17.9 Å². The molecule has 1 atom stereocenters. The first-order chi connectivity index (χ1) is 3.63. The summed E-state index contributed by atoms with van der Waals surface area (Å²) in [5.74, 6) is 0. The van der Waals surface area contributed by atoms with E-state index in [9.17, 15) is 13.2 Å². The van der Waals surface area contributed by atoms with Crippen LogP contribution >= 0.6 is 0 Å². The third kappa shape index (κ3) is 1.61. The summed E-state index contributed by atoms with van der Waals surface area (Å²) < 4.78 is 39.1. The Bertz CT molecular complexity index is 97.8. The molecule has 1 heterocycles. The zero-order valence-electron chi connectivity index (χ0n) is 4.03. The van der Waals surface area contributed by atoms with Gasteiger partial charge in [0.05, 0.1) is 15.0 Å². The van der Waals surface area contributed by atoms with Crippen LogP contribution in [0.15, 0.2) is 0 Å². The molecule has 1 rings (SSSR count). The van der Waals surface area contributed by atoms with Gasteiger partial charge in [-0.3, -0.25) is 0 Å². The molecule has 1 fully saturated rings. The summed E-state index contributed by atoms with van der Waals surface area (Å²) in [6, 6.07) is 0. The molecule has 0 N–H and O–H groups in total. The summed E-state index contributed by atoms with van der Waals surface area (Å²) in [6.07, 6.45) is -5.80. The van der Waals surface area contributed by atoms with Crippen molar-refractivity contribution in [1.29, 1.82) is 0 Å². The second-order valence-electron chi connectivity index (χ2n) is 1.67. The standard InChI is InChI=1S/C4H5F3O.BH3/c5-3-1-2-8-4(3,6)7;/h3H,1-2H2;1H3. The van der Waals surface area contributed by atoms with Gasteiger partial charge < -0.3 is 4.74 Å². The molecule has 0 spiro atoms. The van der Waals surface area contributed by atoms with E-state index in [0.717, 1.165) is 0 Å². The van der Waals surface area contributed by atoms with Crippen molar-refractivity contribution in [3.05, 3.63) is 0 Å². The third-order valence-corrected chi connectivity index (χ3v) is 1.03. The summed E-state index contributed by atoms with van der Waals surface area (Å²) in [6.45, 7) is -0.172. The van der Waals surface area contributed by atoms with Crippen molar-refractivity contribution in [3.63, 3.8) is 0 Å². The summed E-state index contributed by atoms with van der Waals surface area (Å²) in [4.78, 5) is 0. The number of rotatable bonds is 0. The topological polar surface area (TPSA) is 9.23 Å². The summed E-state index contributed by atoms with van der Waals surface area (Å²) in [5.41, 5.74) is 0. The molecule has 0 aromatic heterocycles. The Morgan fingerprint density at radius 3 is 2.11 bits per heavy atom. The van der Waals surface area contributed by atoms with Gasteiger partial charge in [-0.15, -0.1) is 0 Å². The Kier molecular flexibility index (Phi) is 2.55. The quantitative estimate of drug-likeness (QED) is 0.435. The molecule has 54 valence electrons. The molecule has 1 unspecified atom stereocenters. The van der Waals surface area contributed by atoms with Crippen molar-refractivity contribution in [2.24, 2.45) is 0 Å². The normalized spacial score (nSPS) is 31.7. The summed E-state index contributed by atoms with van der Waals surface area (Å²) in [7, 11) is 0. The smallest absolute Gasteiger partial charge is 0.318 e. The van der Waals surface area contributed by atoms with Gasteiger partial charge in [-0.25, -0.2) is 4.39 Å². The molecular formula is C4H8BF3O. The van der Waals surface area contributed by atoms with E-state index in [-0.39, 0.29) is 21.4 Å². The Morgan fingerprint density at radius 2 is 2.00 bits per heavy atom. The lowest BCUT2D eigenvalue weighted by molar-refractivity contribution is -0.232. The van der Waals surface area contributed by atoms with Crippen LogP contribution in [0, 0.1) is 0 Å². The van der Waals surface area contributed by atoms with Gasteiger partial charge in [0, 0.05) is 6.42 Å². The zero-order chi connectivity index (χ0) is 6.20. The molecule has 5 heteroatoms. The van der Waals surface area contributed by atoms with E-state index in [4.69, 9.17) is 0 Å². The Labute approximate surface area is 52.8 Å². The number of ether oxygens (including phenoxy) is 1. The van der Waals surface area contributed by atoms with Gasteiger partial charge in [-0.05, 0) is 0 Å². The second kappa shape index (κ2) is 2.60. The largest absolute Gasteiger partial charge is 0.386 e. The minimum atomic E-state index is -3.51. The zero-order valence-corrected chi connectivity index (χ0v) is 4.03. The van der Waals surface area contributed by atoms with Crippen LogP contribution in [-0.4, -0.2) is 27.3 Å². The molecule has 0 saturated carbocycles. The van der Waals surface area contributed by atoms with Crippen LogP contribution in [-0.2, 0) is 4.74 Å². The summed E-state index contributed by atoms with van der Waals surface area (Å²) >= 11 is 0. The predicted molar refractivity (Wildman–Crippen MR) is 30.4 cm³/mol. The molecule has 1 saturated heterocycles. The number of hydrogen-bond acceptors (Lipinski definition) is 1. The minimum Gasteiger partial charge on any atom is -0.318 e. The fourth-order valence-corrected chi connectivity index (χ4v) is 0.557. The van der Waals surface area contributed by atoms with Crippen molar-refractivity contribution in [1.82, 2.24) is 0 Å². The van der Waals surface area contributed by atoms with E-state index in [1.165, 1.54) is 0 Å². The molecule has 0 aromatic rings. The first-order valence-corrected chi connectivity index (χ1v) is 2.29. The van der Waals surface area contributed by atoms with Crippen LogP contribution in [0.4, 0.5) is 13.2 Å². The molecular weight excluding hydrogens is 132 g/mol. The average Bonchev–Trinajstić information content (AvgIpc) is 1.86. The van der Waals surface area contributed by atoms with Crippen molar-refractivity contribution in [3.8, 4) is 0 Å². The van der Waals surface area contributed by atoms with Gasteiger partial charge >= 0.3 is 6.11 Å². The van der Waals surface area contributed by atoms with Crippen LogP contribution in [0.3, 0.4) is 0 Å². The average molecular weight is 140 g/mol. The molecule has 0 amide bonds. The Balaban J connectivity index is 0.000000640. The second-order valence-corrected chi connectivity index (χ2v) is 1.67. The Hall–Kier alpha value is -0.185. The predicted octanol–water partition coefficient (Wildman–Crippen LogP) is 0.154. The highest BCUT2D eigenvalue weighted by atomic mass is 19.3.